The molecule has 2 aromatic rings. The van der Waals surface area contributed by atoms with Crippen molar-refractivity contribution in [2.24, 2.45) is 0 Å². The second-order valence-electron chi connectivity index (χ2n) is 4.08. The van der Waals surface area contributed by atoms with E-state index in [0.717, 1.165) is 0 Å². The lowest BCUT2D eigenvalue weighted by Crippen LogP contribution is -2.20. The van der Waals surface area contributed by atoms with Crippen molar-refractivity contribution in [3.63, 3.8) is 0 Å². The fourth-order valence-electron chi connectivity index (χ4n) is 1.79. The Morgan fingerprint density at radius 2 is 2.32 bits per heavy atom. The molecule has 0 amide bonds. The summed E-state index contributed by atoms with van der Waals surface area (Å²) in [5.74, 6) is 0.124. The zero-order chi connectivity index (χ0) is 13.8. The van der Waals surface area contributed by atoms with E-state index in [1.807, 2.05) is 23.4 Å². The number of nitrogens with zero attached hydrogens (tertiary/aromatic N) is 2. The molecule has 100 valence electrons. The van der Waals surface area contributed by atoms with E-state index in [-0.39, 0.29) is 0 Å². The first-order valence-electron chi connectivity index (χ1n) is 5.68. The number of ether oxygens (including phenoxy) is 1. The van der Waals surface area contributed by atoms with Crippen molar-refractivity contribution < 1.29 is 9.53 Å². The van der Waals surface area contributed by atoms with Gasteiger partial charge in [0.15, 0.2) is 5.82 Å². The minimum atomic E-state index is -0.454. The molecule has 0 aromatic carbocycles. The van der Waals surface area contributed by atoms with E-state index < -0.39 is 5.97 Å². The highest BCUT2D eigenvalue weighted by Crippen LogP contribution is 2.25. The molecule has 0 bridgehead atoms. The van der Waals surface area contributed by atoms with Crippen molar-refractivity contribution in [1.82, 2.24) is 4.98 Å². The summed E-state index contributed by atoms with van der Waals surface area (Å²) >= 11 is 1.64. The molecule has 0 aliphatic rings. The maximum Gasteiger partial charge on any atom is 0.340 e. The Morgan fingerprint density at radius 1 is 1.53 bits per heavy atom. The predicted molar refractivity (Wildman–Crippen MR) is 76.4 cm³/mol. The summed E-state index contributed by atoms with van der Waals surface area (Å²) in [4.78, 5) is 17.7. The van der Waals surface area contributed by atoms with Gasteiger partial charge in [-0.15, -0.1) is 0 Å². The molecule has 19 heavy (non-hydrogen) atoms. The summed E-state index contributed by atoms with van der Waals surface area (Å²) in [6, 6.07) is 3.60. The van der Waals surface area contributed by atoms with Gasteiger partial charge in [0.25, 0.3) is 0 Å². The van der Waals surface area contributed by atoms with Crippen molar-refractivity contribution in [3.8, 4) is 0 Å². The topological polar surface area (TPSA) is 68.5 Å². The van der Waals surface area contributed by atoms with E-state index in [4.69, 9.17) is 10.5 Å². The van der Waals surface area contributed by atoms with Crippen LogP contribution in [0.4, 0.5) is 11.5 Å². The summed E-state index contributed by atoms with van der Waals surface area (Å²) in [6.45, 7) is 0.686. The number of carbonyl (C=O) groups excluding carboxylic acids is 1. The molecule has 0 unspecified atom stereocenters. The molecule has 2 N–H and O–H groups in total. The third-order valence-corrected chi connectivity index (χ3v) is 3.47. The zero-order valence-electron chi connectivity index (χ0n) is 10.8. The number of anilines is 2. The standard InChI is InChI=1S/C13H15N3O2S/c1-16(7-9-4-6-19-8-9)12-11(14)10(3-5-15-12)13(17)18-2/h3-6,8H,7,14H2,1-2H3. The molecule has 0 fully saturated rings. The van der Waals surface area contributed by atoms with Crippen LogP contribution in [0.15, 0.2) is 29.1 Å². The monoisotopic (exact) mass is 277 g/mol. The molecule has 0 saturated heterocycles. The van der Waals surface area contributed by atoms with Gasteiger partial charge in [-0.3, -0.25) is 0 Å². The Morgan fingerprint density at radius 3 is 2.95 bits per heavy atom. The highest BCUT2D eigenvalue weighted by molar-refractivity contribution is 7.07. The van der Waals surface area contributed by atoms with Gasteiger partial charge < -0.3 is 15.4 Å². The number of nitrogens with two attached hydrogens (primary N) is 1. The van der Waals surface area contributed by atoms with Crippen molar-refractivity contribution in [2.75, 3.05) is 24.8 Å². The van der Waals surface area contributed by atoms with Crippen LogP contribution in [-0.2, 0) is 11.3 Å². The first kappa shape index (κ1) is 13.4. The van der Waals surface area contributed by atoms with Gasteiger partial charge in [-0.1, -0.05) is 0 Å². The lowest BCUT2D eigenvalue weighted by atomic mass is 10.2. The summed E-state index contributed by atoms with van der Waals surface area (Å²) in [7, 11) is 3.22. The first-order chi connectivity index (χ1) is 9.13. The third-order valence-electron chi connectivity index (χ3n) is 2.74. The van der Waals surface area contributed by atoms with E-state index in [2.05, 4.69) is 10.4 Å². The van der Waals surface area contributed by atoms with Gasteiger partial charge in [0.1, 0.15) is 0 Å². The molecule has 0 atom stereocenters. The zero-order valence-corrected chi connectivity index (χ0v) is 11.6. The number of esters is 1. The summed E-state index contributed by atoms with van der Waals surface area (Å²) in [6.07, 6.45) is 1.56. The Hall–Kier alpha value is -2.08. The quantitative estimate of drug-likeness (QED) is 0.867. The largest absolute Gasteiger partial charge is 0.465 e. The van der Waals surface area contributed by atoms with Gasteiger partial charge in [0.05, 0.1) is 18.4 Å². The van der Waals surface area contributed by atoms with Gasteiger partial charge in [-0.05, 0) is 28.5 Å². The first-order valence-corrected chi connectivity index (χ1v) is 6.62. The van der Waals surface area contributed by atoms with Gasteiger partial charge in [-0.25, -0.2) is 9.78 Å². The van der Waals surface area contributed by atoms with Gasteiger partial charge >= 0.3 is 5.97 Å². The van der Waals surface area contributed by atoms with Crippen LogP contribution >= 0.6 is 11.3 Å². The Labute approximate surface area is 115 Å². The number of methoxy groups -OCH3 is 1. The highest BCUT2D eigenvalue weighted by Gasteiger charge is 2.16. The maximum atomic E-state index is 11.6. The van der Waals surface area contributed by atoms with E-state index in [0.29, 0.717) is 23.6 Å². The maximum absolute atomic E-state index is 11.6. The summed E-state index contributed by atoms with van der Waals surface area (Å²) in [5, 5.41) is 4.08. The van der Waals surface area contributed by atoms with E-state index in [1.165, 1.54) is 12.7 Å². The number of carbonyl (C=O) groups is 1. The van der Waals surface area contributed by atoms with Crippen LogP contribution in [0.25, 0.3) is 0 Å². The van der Waals surface area contributed by atoms with Crippen LogP contribution in [0.5, 0.6) is 0 Å². The van der Waals surface area contributed by atoms with Crippen LogP contribution in [0, 0.1) is 0 Å². The molecular weight excluding hydrogens is 262 g/mol. The number of hydrogen-bond acceptors (Lipinski definition) is 6. The Kier molecular flexibility index (Phi) is 4.01. The number of hydrogen-bond donors (Lipinski definition) is 1. The molecule has 0 aliphatic carbocycles. The fraction of sp³-hybridized carbons (Fsp3) is 0.231. The normalized spacial score (nSPS) is 10.2. The molecule has 0 radical (unpaired) electrons. The van der Waals surface area contributed by atoms with Crippen LogP contribution in [0.2, 0.25) is 0 Å². The van der Waals surface area contributed by atoms with Gasteiger partial charge in [-0.2, -0.15) is 11.3 Å². The van der Waals surface area contributed by atoms with E-state index in [9.17, 15) is 4.79 Å². The van der Waals surface area contributed by atoms with Crippen molar-refractivity contribution in [3.05, 3.63) is 40.2 Å². The smallest absolute Gasteiger partial charge is 0.340 e. The van der Waals surface area contributed by atoms with Gasteiger partial charge in [0.2, 0.25) is 0 Å². The van der Waals surface area contributed by atoms with Crippen LogP contribution in [0.3, 0.4) is 0 Å². The summed E-state index contributed by atoms with van der Waals surface area (Å²) in [5.41, 5.74) is 7.84. The molecule has 2 rings (SSSR count). The highest BCUT2D eigenvalue weighted by atomic mass is 32.1. The number of nitrogen functional groups attached to an aromatic ring is 1. The Balaban J connectivity index is 2.27. The molecule has 2 heterocycles. The number of rotatable bonds is 4. The average molecular weight is 277 g/mol. The minimum Gasteiger partial charge on any atom is -0.465 e. The molecule has 6 heteroatoms. The van der Waals surface area contributed by atoms with Gasteiger partial charge in [0, 0.05) is 19.8 Å². The second kappa shape index (κ2) is 5.71. The fourth-order valence-corrected chi connectivity index (χ4v) is 2.45. The SMILES string of the molecule is COC(=O)c1ccnc(N(C)Cc2ccsc2)c1N. The number of thiophene rings is 1. The van der Waals surface area contributed by atoms with Crippen LogP contribution < -0.4 is 10.6 Å². The molecule has 0 aliphatic heterocycles. The molecule has 2 aromatic heterocycles. The van der Waals surface area contributed by atoms with Crippen molar-refractivity contribution in [2.45, 2.75) is 6.54 Å². The molecule has 0 saturated carbocycles. The lowest BCUT2D eigenvalue weighted by molar-refractivity contribution is 0.0602. The summed E-state index contributed by atoms with van der Waals surface area (Å²) < 4.78 is 4.69. The average Bonchev–Trinajstić information content (AvgIpc) is 2.90. The number of aromatic nitrogens is 1. The second-order valence-corrected chi connectivity index (χ2v) is 4.86. The van der Waals surface area contributed by atoms with Crippen LogP contribution in [0.1, 0.15) is 15.9 Å². The minimum absolute atomic E-state index is 0.338. The Bertz CT molecular complexity index is 569. The molecule has 0 spiro atoms. The van der Waals surface area contributed by atoms with E-state index >= 15 is 0 Å². The predicted octanol–water partition coefficient (Wildman–Crippen LogP) is 2.15. The van der Waals surface area contributed by atoms with Crippen molar-refractivity contribution >= 4 is 28.8 Å². The number of pyridine rings is 1. The lowest BCUT2D eigenvalue weighted by Gasteiger charge is -2.20. The molecule has 5 nitrogen and oxygen atoms in total. The molecular formula is C13H15N3O2S. The van der Waals surface area contributed by atoms with Crippen LogP contribution in [-0.4, -0.2) is 25.1 Å². The third kappa shape index (κ3) is 2.85. The van der Waals surface area contributed by atoms with E-state index in [1.54, 1.807) is 23.6 Å². The van der Waals surface area contributed by atoms with Crippen molar-refractivity contribution in [1.29, 1.82) is 0 Å².